The molecular formula is C24H30Cl2N2O2. The molecule has 2 rings (SSSR count). The Hall–Kier alpha value is -2.04. The molecule has 0 fully saturated rings. The number of hydrogen-bond acceptors (Lipinski definition) is 2. The van der Waals surface area contributed by atoms with Crippen molar-refractivity contribution in [2.75, 3.05) is 7.05 Å². The largest absolute Gasteiger partial charge is 0.357 e. The summed E-state index contributed by atoms with van der Waals surface area (Å²) in [6, 6.07) is 12.9. The number of halogens is 2. The molecule has 1 atom stereocenters. The van der Waals surface area contributed by atoms with Gasteiger partial charge in [-0.15, -0.1) is 0 Å². The first-order valence-corrected chi connectivity index (χ1v) is 10.8. The maximum Gasteiger partial charge on any atom is 0.242 e. The molecule has 162 valence electrons. The molecular weight excluding hydrogens is 419 g/mol. The first-order valence-electron chi connectivity index (χ1n) is 10.1. The van der Waals surface area contributed by atoms with Crippen LogP contribution in [-0.2, 0) is 28.0 Å². The lowest BCUT2D eigenvalue weighted by Gasteiger charge is -2.29. The second kappa shape index (κ2) is 10.3. The molecule has 0 bridgehead atoms. The second-order valence-electron chi connectivity index (χ2n) is 8.46. The van der Waals surface area contributed by atoms with Crippen LogP contribution in [0, 0.1) is 0 Å². The van der Waals surface area contributed by atoms with E-state index in [1.165, 1.54) is 10.5 Å². The maximum absolute atomic E-state index is 13.1. The molecule has 6 heteroatoms. The average Bonchev–Trinajstić information content (AvgIpc) is 2.70. The van der Waals surface area contributed by atoms with E-state index in [1.54, 1.807) is 32.2 Å². The van der Waals surface area contributed by atoms with E-state index in [0.717, 1.165) is 5.56 Å². The monoisotopic (exact) mass is 448 g/mol. The summed E-state index contributed by atoms with van der Waals surface area (Å²) < 4.78 is 0. The van der Waals surface area contributed by atoms with E-state index in [1.807, 2.05) is 0 Å². The number of nitrogens with one attached hydrogen (secondary N) is 1. The van der Waals surface area contributed by atoms with E-state index < -0.39 is 6.04 Å². The fourth-order valence-corrected chi connectivity index (χ4v) is 3.73. The second-order valence-corrected chi connectivity index (χ2v) is 9.27. The molecule has 2 aromatic carbocycles. The normalized spacial score (nSPS) is 12.4. The molecule has 0 aromatic heterocycles. The highest BCUT2D eigenvalue weighted by molar-refractivity contribution is 6.36. The van der Waals surface area contributed by atoms with Crippen LogP contribution in [0.2, 0.25) is 10.0 Å². The van der Waals surface area contributed by atoms with Crippen LogP contribution in [0.15, 0.2) is 42.5 Å². The lowest BCUT2D eigenvalue weighted by atomic mass is 9.86. The minimum Gasteiger partial charge on any atom is -0.357 e. The van der Waals surface area contributed by atoms with Crippen molar-refractivity contribution < 1.29 is 9.59 Å². The SMILES string of the molecule is CNC(=O)[C@@H](C)N(Cc1c(Cl)cccc1Cl)C(=O)CCc1ccc(C(C)(C)C)cc1. The third-order valence-corrected chi connectivity index (χ3v) is 5.96. The number of amides is 2. The Morgan fingerprint density at radius 3 is 2.10 bits per heavy atom. The van der Waals surface area contributed by atoms with Crippen LogP contribution in [0.3, 0.4) is 0 Å². The molecule has 0 saturated carbocycles. The number of rotatable bonds is 7. The summed E-state index contributed by atoms with van der Waals surface area (Å²) in [6.45, 7) is 8.39. The fourth-order valence-electron chi connectivity index (χ4n) is 3.21. The van der Waals surface area contributed by atoms with E-state index >= 15 is 0 Å². The van der Waals surface area contributed by atoms with Gasteiger partial charge in [0.15, 0.2) is 0 Å². The number of nitrogens with zero attached hydrogens (tertiary/aromatic N) is 1. The van der Waals surface area contributed by atoms with Crippen LogP contribution in [-0.4, -0.2) is 29.8 Å². The van der Waals surface area contributed by atoms with Gasteiger partial charge in [-0.3, -0.25) is 9.59 Å². The molecule has 0 aliphatic rings. The minimum atomic E-state index is -0.641. The van der Waals surface area contributed by atoms with E-state index in [2.05, 4.69) is 50.4 Å². The van der Waals surface area contributed by atoms with Crippen LogP contribution in [0.1, 0.15) is 50.8 Å². The van der Waals surface area contributed by atoms with E-state index in [9.17, 15) is 9.59 Å². The summed E-state index contributed by atoms with van der Waals surface area (Å²) in [5, 5.41) is 3.56. The van der Waals surface area contributed by atoms with Gasteiger partial charge in [0.25, 0.3) is 0 Å². The molecule has 30 heavy (non-hydrogen) atoms. The smallest absolute Gasteiger partial charge is 0.242 e. The molecule has 2 amide bonds. The van der Waals surface area contributed by atoms with Gasteiger partial charge in [-0.25, -0.2) is 0 Å². The predicted octanol–water partition coefficient (Wildman–Crippen LogP) is 5.39. The molecule has 0 aliphatic carbocycles. The van der Waals surface area contributed by atoms with Gasteiger partial charge in [0.05, 0.1) is 0 Å². The van der Waals surface area contributed by atoms with Crippen LogP contribution >= 0.6 is 23.2 Å². The van der Waals surface area contributed by atoms with E-state index in [0.29, 0.717) is 22.0 Å². The quantitative estimate of drug-likeness (QED) is 0.617. The molecule has 4 nitrogen and oxygen atoms in total. The first kappa shape index (κ1) is 24.2. The van der Waals surface area contributed by atoms with Gasteiger partial charge in [-0.2, -0.15) is 0 Å². The predicted molar refractivity (Wildman–Crippen MR) is 124 cm³/mol. The Balaban J connectivity index is 2.17. The van der Waals surface area contributed by atoms with Crippen LogP contribution in [0.4, 0.5) is 0 Å². The Morgan fingerprint density at radius 1 is 1.03 bits per heavy atom. The number of carbonyl (C=O) groups is 2. The average molecular weight is 449 g/mol. The summed E-state index contributed by atoms with van der Waals surface area (Å²) in [6.07, 6.45) is 0.884. The van der Waals surface area contributed by atoms with Gasteiger partial charge in [-0.05, 0) is 42.0 Å². The zero-order valence-corrected chi connectivity index (χ0v) is 19.8. The summed E-state index contributed by atoms with van der Waals surface area (Å²) in [7, 11) is 1.56. The Morgan fingerprint density at radius 2 is 1.60 bits per heavy atom. The van der Waals surface area contributed by atoms with Crippen molar-refractivity contribution in [3.05, 3.63) is 69.2 Å². The molecule has 0 spiro atoms. The van der Waals surface area contributed by atoms with Crippen molar-refractivity contribution in [1.29, 1.82) is 0 Å². The van der Waals surface area contributed by atoms with Gasteiger partial charge in [-0.1, -0.05) is 74.3 Å². The van der Waals surface area contributed by atoms with Crippen LogP contribution in [0.5, 0.6) is 0 Å². The van der Waals surface area contributed by atoms with Crippen molar-refractivity contribution in [3.8, 4) is 0 Å². The molecule has 1 N–H and O–H groups in total. The first-order chi connectivity index (χ1) is 14.0. The molecule has 2 aromatic rings. The van der Waals surface area contributed by atoms with Crippen molar-refractivity contribution in [2.45, 2.75) is 58.5 Å². The summed E-state index contributed by atoms with van der Waals surface area (Å²) in [5.74, 6) is -0.358. The molecule has 0 unspecified atom stereocenters. The Kier molecular flexibility index (Phi) is 8.34. The van der Waals surface area contributed by atoms with Gasteiger partial charge in [0.2, 0.25) is 11.8 Å². The molecule has 0 heterocycles. The third kappa shape index (κ3) is 6.23. The van der Waals surface area contributed by atoms with Crippen molar-refractivity contribution in [3.63, 3.8) is 0 Å². The topological polar surface area (TPSA) is 49.4 Å². The lowest BCUT2D eigenvalue weighted by Crippen LogP contribution is -2.46. The van der Waals surface area contributed by atoms with Gasteiger partial charge in [0, 0.05) is 35.6 Å². The number of likely N-dealkylation sites (N-methyl/N-ethyl adjacent to an activating group) is 1. The van der Waals surface area contributed by atoms with Crippen LogP contribution < -0.4 is 5.32 Å². The zero-order chi connectivity index (χ0) is 22.5. The Labute approximate surface area is 189 Å². The fraction of sp³-hybridized carbons (Fsp3) is 0.417. The van der Waals surface area contributed by atoms with E-state index in [-0.39, 0.29) is 30.2 Å². The lowest BCUT2D eigenvalue weighted by molar-refractivity contribution is -0.140. The molecule has 0 radical (unpaired) electrons. The van der Waals surface area contributed by atoms with Crippen molar-refractivity contribution >= 4 is 35.0 Å². The van der Waals surface area contributed by atoms with Crippen LogP contribution in [0.25, 0.3) is 0 Å². The van der Waals surface area contributed by atoms with Crippen molar-refractivity contribution in [2.24, 2.45) is 0 Å². The minimum absolute atomic E-state index is 0.0856. The third-order valence-electron chi connectivity index (χ3n) is 5.25. The Bertz CT molecular complexity index is 869. The summed E-state index contributed by atoms with van der Waals surface area (Å²) >= 11 is 12.6. The zero-order valence-electron chi connectivity index (χ0n) is 18.3. The maximum atomic E-state index is 13.1. The van der Waals surface area contributed by atoms with Gasteiger partial charge < -0.3 is 10.2 Å². The standard InChI is InChI=1S/C24H30Cl2N2O2/c1-16(23(30)27-5)28(15-19-20(25)7-6-8-21(19)26)22(29)14-11-17-9-12-18(13-10-17)24(2,3)4/h6-10,12-13,16H,11,14-15H2,1-5H3,(H,27,30)/t16-/m1/s1. The summed E-state index contributed by atoms with van der Waals surface area (Å²) in [5.41, 5.74) is 3.06. The summed E-state index contributed by atoms with van der Waals surface area (Å²) in [4.78, 5) is 26.9. The highest BCUT2D eigenvalue weighted by Crippen LogP contribution is 2.27. The number of carbonyl (C=O) groups excluding carboxylic acids is 2. The van der Waals surface area contributed by atoms with Crippen molar-refractivity contribution in [1.82, 2.24) is 10.2 Å². The number of aryl methyl sites for hydroxylation is 1. The number of hydrogen-bond donors (Lipinski definition) is 1. The molecule has 0 aliphatic heterocycles. The highest BCUT2D eigenvalue weighted by Gasteiger charge is 2.26. The number of benzene rings is 2. The van der Waals surface area contributed by atoms with Gasteiger partial charge in [0.1, 0.15) is 6.04 Å². The van der Waals surface area contributed by atoms with E-state index in [4.69, 9.17) is 23.2 Å². The molecule has 0 saturated heterocycles. The highest BCUT2D eigenvalue weighted by atomic mass is 35.5. The van der Waals surface area contributed by atoms with Gasteiger partial charge >= 0.3 is 0 Å².